The highest BCUT2D eigenvalue weighted by Crippen LogP contribution is 2.51. The van der Waals surface area contributed by atoms with Crippen LogP contribution >= 0.6 is 0 Å². The zero-order chi connectivity index (χ0) is 35.8. The van der Waals surface area contributed by atoms with Crippen molar-refractivity contribution in [2.24, 2.45) is 0 Å². The molecule has 1 atom stereocenters. The van der Waals surface area contributed by atoms with Crippen molar-refractivity contribution in [3.8, 4) is 11.1 Å². The van der Waals surface area contributed by atoms with Crippen LogP contribution < -0.4 is 9.80 Å². The number of rotatable bonds is 8. The lowest BCUT2D eigenvalue weighted by molar-refractivity contribution is 0.660. The van der Waals surface area contributed by atoms with Gasteiger partial charge in [0.25, 0.3) is 0 Å². The van der Waals surface area contributed by atoms with Crippen molar-refractivity contribution in [3.05, 3.63) is 210 Å². The van der Waals surface area contributed by atoms with Crippen LogP contribution in [0.25, 0.3) is 34.1 Å². The Balaban J connectivity index is 0.990. The summed E-state index contributed by atoms with van der Waals surface area (Å²) in [5.41, 5.74) is 13.5. The van der Waals surface area contributed by atoms with E-state index < -0.39 is 0 Å². The van der Waals surface area contributed by atoms with E-state index >= 15 is 0 Å². The van der Waals surface area contributed by atoms with Gasteiger partial charge in [-0.05, 0) is 111 Å². The maximum atomic E-state index is 2.46. The molecule has 7 aromatic carbocycles. The number of hydrogen-bond donors (Lipinski definition) is 0. The number of para-hydroxylation sites is 2. The molecule has 0 heterocycles. The summed E-state index contributed by atoms with van der Waals surface area (Å²) in [6.45, 7) is 4.73. The Labute approximate surface area is 313 Å². The topological polar surface area (TPSA) is 6.48 Å². The summed E-state index contributed by atoms with van der Waals surface area (Å²) in [5.74, 6) is 0. The minimum Gasteiger partial charge on any atom is -0.334 e. The number of benzene rings is 7. The molecule has 2 heteroatoms. The quantitative estimate of drug-likeness (QED) is 0.147. The average Bonchev–Trinajstić information content (AvgIpc) is 3.44. The molecule has 7 aromatic rings. The predicted octanol–water partition coefficient (Wildman–Crippen LogP) is 13.8. The second kappa shape index (κ2) is 13.6. The van der Waals surface area contributed by atoms with Crippen molar-refractivity contribution in [3.63, 3.8) is 0 Å². The molecule has 0 amide bonds. The molecule has 0 aliphatic heterocycles. The molecule has 0 spiro atoms. The van der Waals surface area contributed by atoms with E-state index in [1.54, 1.807) is 0 Å². The van der Waals surface area contributed by atoms with Crippen LogP contribution in [0.15, 0.2) is 188 Å². The van der Waals surface area contributed by atoms with E-state index in [2.05, 4.69) is 224 Å². The van der Waals surface area contributed by atoms with Gasteiger partial charge in [0.2, 0.25) is 0 Å². The molecule has 2 aliphatic carbocycles. The molecule has 0 aromatic heterocycles. The molecule has 0 radical (unpaired) electrons. The van der Waals surface area contributed by atoms with Crippen molar-refractivity contribution in [1.82, 2.24) is 0 Å². The smallest absolute Gasteiger partial charge is 0.0559 e. The molecule has 0 bridgehead atoms. The van der Waals surface area contributed by atoms with E-state index in [4.69, 9.17) is 0 Å². The first-order chi connectivity index (χ1) is 26.0. The normalized spacial score (nSPS) is 15.4. The van der Waals surface area contributed by atoms with Gasteiger partial charge in [0.1, 0.15) is 0 Å². The van der Waals surface area contributed by atoms with Crippen molar-refractivity contribution in [2.75, 3.05) is 9.80 Å². The Morgan fingerprint density at radius 1 is 0.491 bits per heavy atom. The van der Waals surface area contributed by atoms with Crippen molar-refractivity contribution < 1.29 is 0 Å². The van der Waals surface area contributed by atoms with Crippen LogP contribution in [-0.2, 0) is 5.41 Å². The zero-order valence-corrected chi connectivity index (χ0v) is 30.2. The molecule has 256 valence electrons. The molecule has 9 rings (SSSR count). The molecular formula is C51H42N2. The van der Waals surface area contributed by atoms with Gasteiger partial charge < -0.3 is 9.80 Å². The summed E-state index contributed by atoms with van der Waals surface area (Å²) < 4.78 is 0. The number of anilines is 5. The Bertz CT molecular complexity index is 2470. The van der Waals surface area contributed by atoms with Gasteiger partial charge in [0.05, 0.1) is 6.04 Å². The van der Waals surface area contributed by atoms with E-state index in [0.717, 1.165) is 17.8 Å². The van der Waals surface area contributed by atoms with Gasteiger partial charge >= 0.3 is 0 Å². The monoisotopic (exact) mass is 682 g/mol. The highest BCUT2D eigenvalue weighted by Gasteiger charge is 2.36. The van der Waals surface area contributed by atoms with Gasteiger partial charge in [-0.2, -0.15) is 0 Å². The molecule has 0 saturated heterocycles. The van der Waals surface area contributed by atoms with Gasteiger partial charge in [-0.15, -0.1) is 0 Å². The number of hydrogen-bond acceptors (Lipinski definition) is 2. The Hall–Kier alpha value is -6.38. The standard InChI is InChI=1S/C51H42N2/c1-51(2)49-34-38(26-32-47(49)48-33-31-46(36-50(48)51)52(41-16-6-3-7-17-41)42-18-8-4-9-19-42)23-22-37-24-28-44(29-25-37)53(43-20-10-5-11-21-43)45-30-27-39-14-12-13-15-40(39)35-45/h3-20,22-36,43H,21H2,1-2H3/b23-22+. The third-order valence-corrected chi connectivity index (χ3v) is 10.9. The van der Waals surface area contributed by atoms with Gasteiger partial charge in [0, 0.05) is 33.9 Å². The molecular weight excluding hydrogens is 641 g/mol. The van der Waals surface area contributed by atoms with E-state index in [-0.39, 0.29) is 11.5 Å². The Kier molecular flexibility index (Phi) is 8.37. The van der Waals surface area contributed by atoms with Gasteiger partial charge in [-0.1, -0.05) is 153 Å². The third-order valence-electron chi connectivity index (χ3n) is 10.9. The second-order valence-corrected chi connectivity index (χ2v) is 14.6. The largest absolute Gasteiger partial charge is 0.334 e. The highest BCUT2D eigenvalue weighted by molar-refractivity contribution is 5.88. The van der Waals surface area contributed by atoms with E-state index in [0.29, 0.717) is 0 Å². The van der Waals surface area contributed by atoms with Gasteiger partial charge in [-0.25, -0.2) is 0 Å². The van der Waals surface area contributed by atoms with Crippen LogP contribution in [-0.4, -0.2) is 6.04 Å². The van der Waals surface area contributed by atoms with Crippen LogP contribution in [0.1, 0.15) is 42.5 Å². The third kappa shape index (κ3) is 6.17. The fourth-order valence-electron chi connectivity index (χ4n) is 8.14. The lowest BCUT2D eigenvalue weighted by Crippen LogP contribution is -2.29. The van der Waals surface area contributed by atoms with Gasteiger partial charge in [0.15, 0.2) is 0 Å². The van der Waals surface area contributed by atoms with Crippen molar-refractivity contribution in [2.45, 2.75) is 31.7 Å². The van der Waals surface area contributed by atoms with Crippen LogP contribution in [0.2, 0.25) is 0 Å². The van der Waals surface area contributed by atoms with Crippen LogP contribution in [0.5, 0.6) is 0 Å². The van der Waals surface area contributed by atoms with E-state index in [1.165, 1.54) is 61.2 Å². The summed E-state index contributed by atoms with van der Waals surface area (Å²) in [5, 5.41) is 2.52. The first kappa shape index (κ1) is 32.5. The zero-order valence-electron chi connectivity index (χ0n) is 30.2. The van der Waals surface area contributed by atoms with Crippen molar-refractivity contribution >= 4 is 51.4 Å². The van der Waals surface area contributed by atoms with E-state index in [9.17, 15) is 0 Å². The summed E-state index contributed by atoms with van der Waals surface area (Å²) in [4.78, 5) is 4.81. The number of fused-ring (bicyclic) bond motifs is 4. The predicted molar refractivity (Wildman–Crippen MR) is 227 cm³/mol. The SMILES string of the molecule is CC1(C)c2cc(/C=C/c3ccc(N(c4ccc5ccccc5c4)C4C=CC=CC4)cc3)ccc2-c2ccc(N(c3ccccc3)c3ccccc3)cc21. The minimum atomic E-state index is -0.139. The summed E-state index contributed by atoms with van der Waals surface area (Å²) >= 11 is 0. The number of nitrogens with zero attached hydrogens (tertiary/aromatic N) is 2. The lowest BCUT2D eigenvalue weighted by Gasteiger charge is -2.33. The average molecular weight is 683 g/mol. The first-order valence-corrected chi connectivity index (χ1v) is 18.6. The molecule has 2 nitrogen and oxygen atoms in total. The van der Waals surface area contributed by atoms with Gasteiger partial charge in [-0.3, -0.25) is 0 Å². The fraction of sp³-hybridized carbons (Fsp3) is 0.0980. The summed E-state index contributed by atoms with van der Waals surface area (Å²) in [7, 11) is 0. The molecule has 53 heavy (non-hydrogen) atoms. The molecule has 0 N–H and O–H groups in total. The maximum absolute atomic E-state index is 2.46. The Morgan fingerprint density at radius 3 is 1.77 bits per heavy atom. The second-order valence-electron chi connectivity index (χ2n) is 14.6. The molecule has 0 saturated carbocycles. The molecule has 2 aliphatic rings. The lowest BCUT2D eigenvalue weighted by atomic mass is 9.81. The van der Waals surface area contributed by atoms with Crippen LogP contribution in [0.4, 0.5) is 28.4 Å². The Morgan fingerprint density at radius 2 is 1.08 bits per heavy atom. The van der Waals surface area contributed by atoms with E-state index in [1.807, 2.05) is 0 Å². The number of allylic oxidation sites excluding steroid dienone is 2. The summed E-state index contributed by atoms with van der Waals surface area (Å²) in [6.07, 6.45) is 14.3. The van der Waals surface area contributed by atoms with Crippen LogP contribution in [0, 0.1) is 0 Å². The maximum Gasteiger partial charge on any atom is 0.0559 e. The molecule has 1 unspecified atom stereocenters. The highest BCUT2D eigenvalue weighted by atomic mass is 15.2. The van der Waals surface area contributed by atoms with Crippen molar-refractivity contribution in [1.29, 1.82) is 0 Å². The molecule has 0 fully saturated rings. The summed E-state index contributed by atoms with van der Waals surface area (Å²) in [6, 6.07) is 59.9. The first-order valence-electron chi connectivity index (χ1n) is 18.6. The fourth-order valence-corrected chi connectivity index (χ4v) is 8.14. The minimum absolute atomic E-state index is 0.139. The van der Waals surface area contributed by atoms with Crippen LogP contribution in [0.3, 0.4) is 0 Å².